The largest absolute Gasteiger partial charge is 0.228 e. The first-order valence-corrected chi connectivity index (χ1v) is 15.1. The Bertz CT molecular complexity index is 1830. The second kappa shape index (κ2) is 10.2. The lowest BCUT2D eigenvalue weighted by molar-refractivity contribution is 0.353. The molecule has 0 saturated heterocycles. The van der Waals surface area contributed by atoms with Crippen LogP contribution in [0.25, 0.3) is 56.2 Å². The summed E-state index contributed by atoms with van der Waals surface area (Å²) in [4.78, 5) is 10.0. The van der Waals surface area contributed by atoms with Crippen LogP contribution in [0.2, 0.25) is 0 Å². The lowest BCUT2D eigenvalue weighted by Crippen LogP contribution is -2.27. The number of hydrogen-bond donors (Lipinski definition) is 0. The summed E-state index contributed by atoms with van der Waals surface area (Å²) in [5.74, 6) is 0.740. The molecule has 5 aromatic carbocycles. The van der Waals surface area contributed by atoms with Crippen LogP contribution in [0.3, 0.4) is 0 Å². The Labute approximate surface area is 247 Å². The van der Waals surface area contributed by atoms with Gasteiger partial charge in [0, 0.05) is 22.1 Å². The van der Waals surface area contributed by atoms with E-state index in [9.17, 15) is 0 Å². The van der Waals surface area contributed by atoms with Crippen molar-refractivity contribution in [3.8, 4) is 56.2 Å². The zero-order valence-electron chi connectivity index (χ0n) is 23.6. The van der Waals surface area contributed by atoms with Crippen LogP contribution in [-0.4, -0.2) is 9.97 Å². The maximum atomic E-state index is 5.01. The topological polar surface area (TPSA) is 25.8 Å². The quantitative estimate of drug-likeness (QED) is 0.222. The fraction of sp³-hybridized carbons (Fsp3) is 0.150. The molecule has 0 aliphatic heterocycles. The van der Waals surface area contributed by atoms with E-state index in [2.05, 4.69) is 121 Å². The summed E-state index contributed by atoms with van der Waals surface area (Å²) in [5.41, 5.74) is 13.6. The summed E-state index contributed by atoms with van der Waals surface area (Å²) >= 11 is 0. The molecule has 0 N–H and O–H groups in total. The number of aromatic nitrogens is 2. The molecule has 1 spiro atoms. The van der Waals surface area contributed by atoms with Gasteiger partial charge in [0.25, 0.3) is 0 Å². The Morgan fingerprint density at radius 2 is 0.952 bits per heavy atom. The van der Waals surface area contributed by atoms with E-state index in [0.717, 1.165) is 33.9 Å². The van der Waals surface area contributed by atoms with Gasteiger partial charge in [0.05, 0.1) is 11.4 Å². The molecule has 0 amide bonds. The lowest BCUT2D eigenvalue weighted by atomic mass is 9.68. The molecule has 2 nitrogen and oxygen atoms in total. The summed E-state index contributed by atoms with van der Waals surface area (Å²) in [6, 6.07) is 47.9. The SMILES string of the molecule is c1ccc(-c2cc(-c3ccccc3)nc(-c3ccc(-c4ccc5c(c4)-c4ccccc4C54CCCCC4)cc3)n2)cc1. The highest BCUT2D eigenvalue weighted by Gasteiger charge is 2.43. The van der Waals surface area contributed by atoms with Gasteiger partial charge in [0.2, 0.25) is 0 Å². The maximum absolute atomic E-state index is 5.01. The van der Waals surface area contributed by atoms with Gasteiger partial charge < -0.3 is 0 Å². The van der Waals surface area contributed by atoms with Crippen LogP contribution < -0.4 is 0 Å². The van der Waals surface area contributed by atoms with Crippen molar-refractivity contribution in [1.29, 1.82) is 0 Å². The van der Waals surface area contributed by atoms with Crippen LogP contribution in [0.15, 0.2) is 133 Å². The molecule has 6 aromatic rings. The first-order valence-electron chi connectivity index (χ1n) is 15.1. The van der Waals surface area contributed by atoms with E-state index in [4.69, 9.17) is 9.97 Å². The molecule has 0 bridgehead atoms. The highest BCUT2D eigenvalue weighted by molar-refractivity contribution is 5.85. The van der Waals surface area contributed by atoms with Crippen LogP contribution in [0, 0.1) is 0 Å². The minimum Gasteiger partial charge on any atom is -0.228 e. The van der Waals surface area contributed by atoms with Crippen LogP contribution >= 0.6 is 0 Å². The Kier molecular flexibility index (Phi) is 6.07. The van der Waals surface area contributed by atoms with Gasteiger partial charge in [-0.05, 0) is 58.4 Å². The second-order valence-corrected chi connectivity index (χ2v) is 11.7. The van der Waals surface area contributed by atoms with E-state index < -0.39 is 0 Å². The average Bonchev–Trinajstić information content (AvgIpc) is 3.34. The summed E-state index contributed by atoms with van der Waals surface area (Å²) in [5, 5.41) is 0. The van der Waals surface area contributed by atoms with E-state index >= 15 is 0 Å². The van der Waals surface area contributed by atoms with Gasteiger partial charge in [-0.25, -0.2) is 9.97 Å². The zero-order valence-corrected chi connectivity index (χ0v) is 23.6. The average molecular weight is 541 g/mol. The number of rotatable bonds is 4. The second-order valence-electron chi connectivity index (χ2n) is 11.7. The molecule has 42 heavy (non-hydrogen) atoms. The van der Waals surface area contributed by atoms with E-state index in [-0.39, 0.29) is 5.41 Å². The number of hydrogen-bond acceptors (Lipinski definition) is 2. The van der Waals surface area contributed by atoms with Crippen LogP contribution in [0.4, 0.5) is 0 Å². The lowest BCUT2D eigenvalue weighted by Gasteiger charge is -2.36. The summed E-state index contributed by atoms with van der Waals surface area (Å²) < 4.78 is 0. The Morgan fingerprint density at radius 1 is 0.405 bits per heavy atom. The Balaban J connectivity index is 1.18. The normalized spacial score (nSPS) is 14.9. The molecule has 0 atom stereocenters. The Hall–Kier alpha value is -4.82. The molecule has 1 heterocycles. The number of nitrogens with zero attached hydrogens (tertiary/aromatic N) is 2. The van der Waals surface area contributed by atoms with Crippen molar-refractivity contribution >= 4 is 0 Å². The summed E-state index contributed by atoms with van der Waals surface area (Å²) in [7, 11) is 0. The first-order chi connectivity index (χ1) is 20.8. The molecule has 2 heteroatoms. The third-order valence-corrected chi connectivity index (χ3v) is 9.32. The van der Waals surface area contributed by atoms with Crippen molar-refractivity contribution in [3.05, 3.63) is 145 Å². The number of benzene rings is 5. The van der Waals surface area contributed by atoms with Gasteiger partial charge in [0.15, 0.2) is 5.82 Å². The van der Waals surface area contributed by atoms with Gasteiger partial charge in [-0.1, -0.05) is 141 Å². The fourth-order valence-electron chi connectivity index (χ4n) is 7.24. The van der Waals surface area contributed by atoms with Crippen molar-refractivity contribution in [2.24, 2.45) is 0 Å². The molecule has 2 aliphatic rings. The molecule has 8 rings (SSSR count). The monoisotopic (exact) mass is 540 g/mol. The standard InChI is InChI=1S/C40H32N2/c1-4-12-29(13-5-1)37-27-38(30-14-6-2-7-15-30)42-39(41-37)31-20-18-28(19-21-31)32-22-23-36-34(26-32)33-16-8-9-17-35(33)40(36)24-10-3-11-25-40/h1-2,4-9,12-23,26-27H,3,10-11,24-25H2. The van der Waals surface area contributed by atoms with Gasteiger partial charge >= 0.3 is 0 Å². The maximum Gasteiger partial charge on any atom is 0.160 e. The molecule has 1 fully saturated rings. The molecular formula is C40H32N2. The first kappa shape index (κ1) is 24.9. The predicted octanol–water partition coefficient (Wildman–Crippen LogP) is 10.4. The third-order valence-electron chi connectivity index (χ3n) is 9.32. The van der Waals surface area contributed by atoms with E-state index in [0.29, 0.717) is 0 Å². The van der Waals surface area contributed by atoms with Gasteiger partial charge in [-0.15, -0.1) is 0 Å². The predicted molar refractivity (Wildman–Crippen MR) is 173 cm³/mol. The van der Waals surface area contributed by atoms with Crippen molar-refractivity contribution in [2.45, 2.75) is 37.5 Å². The summed E-state index contributed by atoms with van der Waals surface area (Å²) in [6.45, 7) is 0. The highest BCUT2D eigenvalue weighted by Crippen LogP contribution is 2.56. The minimum absolute atomic E-state index is 0.199. The van der Waals surface area contributed by atoms with Gasteiger partial charge in [-0.3, -0.25) is 0 Å². The van der Waals surface area contributed by atoms with E-state index in [1.807, 2.05) is 12.1 Å². The molecule has 0 unspecified atom stereocenters. The minimum atomic E-state index is 0.199. The fourth-order valence-corrected chi connectivity index (χ4v) is 7.24. The van der Waals surface area contributed by atoms with Crippen LogP contribution in [0.1, 0.15) is 43.2 Å². The van der Waals surface area contributed by atoms with Crippen molar-refractivity contribution in [1.82, 2.24) is 9.97 Å². The molecule has 2 aliphatic carbocycles. The van der Waals surface area contributed by atoms with Gasteiger partial charge in [0.1, 0.15) is 0 Å². The Morgan fingerprint density at radius 3 is 1.62 bits per heavy atom. The van der Waals surface area contributed by atoms with Crippen LogP contribution in [0.5, 0.6) is 0 Å². The van der Waals surface area contributed by atoms with E-state index in [1.165, 1.54) is 65.5 Å². The zero-order chi connectivity index (χ0) is 27.9. The molecule has 1 saturated carbocycles. The summed E-state index contributed by atoms with van der Waals surface area (Å²) in [6.07, 6.45) is 6.51. The molecule has 0 radical (unpaired) electrons. The third kappa shape index (κ3) is 4.18. The highest BCUT2D eigenvalue weighted by atomic mass is 14.9. The number of fused-ring (bicyclic) bond motifs is 5. The van der Waals surface area contributed by atoms with Crippen molar-refractivity contribution < 1.29 is 0 Å². The van der Waals surface area contributed by atoms with E-state index in [1.54, 1.807) is 0 Å². The van der Waals surface area contributed by atoms with Crippen molar-refractivity contribution in [2.75, 3.05) is 0 Å². The van der Waals surface area contributed by atoms with Gasteiger partial charge in [-0.2, -0.15) is 0 Å². The smallest absolute Gasteiger partial charge is 0.160 e. The molecule has 1 aromatic heterocycles. The molecule has 202 valence electrons. The van der Waals surface area contributed by atoms with Crippen molar-refractivity contribution in [3.63, 3.8) is 0 Å². The molecular weight excluding hydrogens is 508 g/mol. The van der Waals surface area contributed by atoms with Crippen LogP contribution in [-0.2, 0) is 5.41 Å².